The first kappa shape index (κ1) is 97.4. The number of fused-ring (bicyclic) bond motifs is 32. The molecule has 19 nitrogen and oxygen atoms in total. The van der Waals surface area contributed by atoms with Crippen LogP contribution in [0.1, 0.15) is 224 Å². The van der Waals surface area contributed by atoms with E-state index >= 15 is 0 Å². The standard InChI is InChI=1S/C30H22F2N2O2.2C29H19F4N3O2.C29H20F3N3O2/c1-16(33)18-4-2-17(3-5-18)15-34-30(35)20-7-10-24-26(13-20)29-25-12-19(6-9-23(25)28(24)36-29)22-11-8-21(31)14-27(22)32;30-16-3-6-17(22(31)11-16)14-1-4-18-20(9-14)27-21-10-15(2-5-19(21)26(18)38-27)29(37)36-12-13-7-23(32)25(28(34)35)24(33)8-13;30-16-3-6-17(25(33)11-16)13-1-4-18-20(7-13)27-21-8-14(2-5-19(21)26(18)38-27)29(37)36-12-22-23(31)9-15(28(34)35)10-24(22)32;30-17-4-8-18(25(32)12-17)15-2-6-19-22(10-15)27-23-11-16(3-7-20(23)26(19)37-27)29(36)35-13-14-1-5-21(28(33)34)24(31)9-14/h2-14,28-29H,1,15,33H2,(H,34,35);2*1-11,26-27H,12H2,(H3,34,35)(H,36,37);1-12,26-27H,13H2,(H3,33,34)(H,35,36)/t28-,29+;3*26-,27+/m0000/s1. The summed E-state index contributed by atoms with van der Waals surface area (Å²) in [6, 6.07) is 73.0. The summed E-state index contributed by atoms with van der Waals surface area (Å²) in [6.45, 7) is 3.66. The summed E-state index contributed by atoms with van der Waals surface area (Å²) in [5, 5.41) is 32.9. The highest BCUT2D eigenvalue weighted by Crippen LogP contribution is 2.60. The molecule has 0 aliphatic carbocycles. The molecule has 0 aromatic heterocycles. The Labute approximate surface area is 840 Å². The molecule has 8 aliphatic heterocycles. The molecule has 32 heteroatoms. The van der Waals surface area contributed by atoms with E-state index in [0.29, 0.717) is 67.9 Å². The predicted molar refractivity (Wildman–Crippen MR) is 529 cm³/mol. The lowest BCUT2D eigenvalue weighted by Gasteiger charge is -2.18. The molecule has 0 saturated carbocycles. The number of ether oxygens (including phenoxy) is 4. The third-order valence-corrected chi connectivity index (χ3v) is 27.6. The molecule has 742 valence electrons. The molecule has 0 saturated heterocycles. The Kier molecular flexibility index (Phi) is 25.5. The molecule has 8 aliphatic rings. The summed E-state index contributed by atoms with van der Waals surface area (Å²) < 4.78 is 207. The lowest BCUT2D eigenvalue weighted by Crippen LogP contribution is -2.24. The molecule has 16 aromatic carbocycles. The highest BCUT2D eigenvalue weighted by Gasteiger charge is 2.48. The number of nitrogens with one attached hydrogen (secondary N) is 7. The van der Waals surface area contributed by atoms with Crippen molar-refractivity contribution in [2.75, 3.05) is 0 Å². The molecule has 8 atom stereocenters. The minimum absolute atomic E-state index is 0.00866. The summed E-state index contributed by atoms with van der Waals surface area (Å²) in [4.78, 5) is 51.5. The number of nitrogens with two attached hydrogens (primary N) is 4. The second kappa shape index (κ2) is 39.0. The van der Waals surface area contributed by atoms with Gasteiger partial charge in [-0.05, 0) is 291 Å². The maximum Gasteiger partial charge on any atom is 0.251 e. The van der Waals surface area contributed by atoms with Gasteiger partial charge < -0.3 is 63.1 Å². The number of hydrogen-bond acceptors (Lipinski definition) is 12. The molecular formula is C117H80F13N11O8. The molecule has 0 fully saturated rings. The van der Waals surface area contributed by atoms with Gasteiger partial charge in [0.2, 0.25) is 0 Å². The Morgan fingerprint density at radius 3 is 0.799 bits per heavy atom. The van der Waals surface area contributed by atoms with Crippen molar-refractivity contribution in [3.8, 4) is 44.5 Å². The van der Waals surface area contributed by atoms with E-state index in [1.165, 1.54) is 60.7 Å². The third kappa shape index (κ3) is 18.4. The summed E-state index contributed by atoms with van der Waals surface area (Å²) in [6.07, 6.45) is -2.83. The maximum absolute atomic E-state index is 14.4. The SMILES string of the molecule is C=C(N)c1ccc(CNC(=O)c2ccc3c(c2)[C@@H]2O[C@H]3c3ccc(-c4ccc(F)cc4F)cc32)cc1.N=C(N)c1c(F)cc(CNC(=O)c2ccc3c(c2)[C@@H]2O[C@H]3c3ccc(-c4ccc(F)cc4F)cc32)cc1F.N=C(N)c1cc(F)c(CNC(=O)c2ccc3c(c2)[C@@H]2O[C@H]3c3ccc(-c4ccc(F)cc4F)cc32)c(F)c1.N=C(N)c1ccc(CNC(=O)c2ccc3c(c2)[C@@H]2O[C@H]3c3ccc(-c4ccc(F)cc4F)cc32)cc1F. The zero-order valence-corrected chi connectivity index (χ0v) is 77.8. The Morgan fingerprint density at radius 1 is 0.242 bits per heavy atom. The number of nitrogen functional groups attached to an aromatic ring is 3. The molecule has 8 heterocycles. The van der Waals surface area contributed by atoms with Crippen molar-refractivity contribution in [2.24, 2.45) is 22.9 Å². The van der Waals surface area contributed by atoms with Crippen LogP contribution in [0.5, 0.6) is 0 Å². The largest absolute Gasteiger partial charge is 0.399 e. The number of carbonyl (C=O) groups is 4. The van der Waals surface area contributed by atoms with Gasteiger partial charge in [-0.1, -0.05) is 110 Å². The summed E-state index contributed by atoms with van der Waals surface area (Å²) >= 11 is 0. The van der Waals surface area contributed by atoms with Crippen LogP contribution in [0.15, 0.2) is 292 Å². The van der Waals surface area contributed by atoms with Crippen LogP contribution in [0, 0.1) is 91.9 Å². The van der Waals surface area contributed by atoms with E-state index < -0.39 is 130 Å². The smallest absolute Gasteiger partial charge is 0.251 e. The van der Waals surface area contributed by atoms with E-state index in [-0.39, 0.29) is 100 Å². The zero-order chi connectivity index (χ0) is 104. The van der Waals surface area contributed by atoms with Crippen LogP contribution in [-0.4, -0.2) is 41.1 Å². The van der Waals surface area contributed by atoms with Gasteiger partial charge in [-0.2, -0.15) is 0 Å². The van der Waals surface area contributed by atoms with E-state index in [4.69, 9.17) is 58.1 Å². The fourth-order valence-corrected chi connectivity index (χ4v) is 20.3. The van der Waals surface area contributed by atoms with Gasteiger partial charge in [0.15, 0.2) is 0 Å². The molecule has 0 spiro atoms. The normalized spacial score (nSPS) is 16.8. The number of carbonyl (C=O) groups excluding carboxylic acids is 4. The van der Waals surface area contributed by atoms with Crippen LogP contribution in [0.3, 0.4) is 0 Å². The predicted octanol–water partition coefficient (Wildman–Crippen LogP) is 22.8. The Hall–Kier alpha value is -17.7. The van der Waals surface area contributed by atoms with E-state index in [1.807, 2.05) is 109 Å². The van der Waals surface area contributed by atoms with Gasteiger partial charge in [0.25, 0.3) is 23.6 Å². The first-order valence-corrected chi connectivity index (χ1v) is 46.6. The second-order valence-corrected chi connectivity index (χ2v) is 36.7. The number of amides is 4. The van der Waals surface area contributed by atoms with Crippen molar-refractivity contribution >= 4 is 46.8 Å². The van der Waals surface area contributed by atoms with Gasteiger partial charge in [-0.3, -0.25) is 35.4 Å². The van der Waals surface area contributed by atoms with Crippen LogP contribution in [0.25, 0.3) is 50.2 Å². The van der Waals surface area contributed by atoms with Gasteiger partial charge in [0, 0.05) is 112 Å². The van der Waals surface area contributed by atoms with E-state index in [1.54, 1.807) is 66.7 Å². The van der Waals surface area contributed by atoms with Crippen LogP contribution in [-0.2, 0) is 45.1 Å². The quantitative estimate of drug-likeness (QED) is 0.0193. The average molecular weight is 2010 g/mol. The maximum atomic E-state index is 14.4. The topological polar surface area (TPSA) is 329 Å². The van der Waals surface area contributed by atoms with Gasteiger partial charge in [-0.25, -0.2) is 57.1 Å². The fourth-order valence-electron chi connectivity index (χ4n) is 20.3. The first-order chi connectivity index (χ1) is 71.6. The van der Waals surface area contributed by atoms with E-state index in [9.17, 15) is 76.3 Å². The van der Waals surface area contributed by atoms with Gasteiger partial charge in [0.05, 0.1) is 11.1 Å². The van der Waals surface area contributed by atoms with E-state index in [2.05, 4.69) is 27.8 Å². The number of benzene rings is 16. The van der Waals surface area contributed by atoms with Crippen LogP contribution in [0.4, 0.5) is 57.1 Å². The fraction of sp³-hybridized carbons (Fsp3) is 0.103. The van der Waals surface area contributed by atoms with Gasteiger partial charge in [-0.15, -0.1) is 0 Å². The Balaban J connectivity index is 0.000000116. The molecule has 4 amide bonds. The number of halogens is 13. The van der Waals surface area contributed by atoms with Crippen molar-refractivity contribution < 1.29 is 95.2 Å². The van der Waals surface area contributed by atoms with E-state index in [0.717, 1.165) is 149 Å². The molecule has 0 unspecified atom stereocenters. The van der Waals surface area contributed by atoms with Gasteiger partial charge >= 0.3 is 0 Å². The molecular weight excluding hydrogens is 1930 g/mol. The summed E-state index contributed by atoms with van der Waals surface area (Å²) in [7, 11) is 0. The summed E-state index contributed by atoms with van der Waals surface area (Å²) in [5.41, 5.74) is 43.3. The average Bonchev–Trinajstić information content (AvgIpc) is 1.58. The Morgan fingerprint density at radius 2 is 0.510 bits per heavy atom. The monoisotopic (exact) mass is 2010 g/mol. The number of amidine groups is 3. The van der Waals surface area contributed by atoms with Gasteiger partial charge in [0.1, 0.15) is 142 Å². The van der Waals surface area contributed by atoms with Crippen molar-refractivity contribution in [1.29, 1.82) is 16.2 Å². The lowest BCUT2D eigenvalue weighted by molar-refractivity contribution is 0.0856. The minimum Gasteiger partial charge on any atom is -0.399 e. The molecule has 24 rings (SSSR count). The molecule has 149 heavy (non-hydrogen) atoms. The molecule has 15 N–H and O–H groups in total. The molecule has 16 aromatic rings. The van der Waals surface area contributed by atoms with Crippen molar-refractivity contribution in [3.63, 3.8) is 0 Å². The van der Waals surface area contributed by atoms with Crippen LogP contribution < -0.4 is 44.2 Å². The van der Waals surface area contributed by atoms with Crippen molar-refractivity contribution in [3.05, 3.63) is 523 Å². The highest BCUT2D eigenvalue weighted by atomic mass is 19.2. The lowest BCUT2D eigenvalue weighted by atomic mass is 9.83. The van der Waals surface area contributed by atoms with Crippen molar-refractivity contribution in [2.45, 2.75) is 75.0 Å². The first-order valence-electron chi connectivity index (χ1n) is 46.6. The number of hydrogen-bond donors (Lipinski definition) is 11. The van der Waals surface area contributed by atoms with Crippen LogP contribution >= 0.6 is 0 Å². The molecule has 0 radical (unpaired) electrons. The van der Waals surface area contributed by atoms with Crippen LogP contribution in [0.2, 0.25) is 0 Å². The second-order valence-electron chi connectivity index (χ2n) is 36.7. The molecule has 8 bridgehead atoms. The van der Waals surface area contributed by atoms with Crippen molar-refractivity contribution in [1.82, 2.24) is 21.3 Å². The zero-order valence-electron chi connectivity index (χ0n) is 77.8. The number of rotatable bonds is 20. The highest BCUT2D eigenvalue weighted by molar-refractivity contribution is 5.99. The third-order valence-electron chi connectivity index (χ3n) is 27.6. The summed E-state index contributed by atoms with van der Waals surface area (Å²) in [5.74, 6) is -12.6. The minimum atomic E-state index is -0.981. The Bertz CT molecular complexity index is 8390.